The van der Waals surface area contributed by atoms with Crippen LogP contribution in [0.5, 0.6) is 11.5 Å². The number of nitrogens with zero attached hydrogens (tertiary/aromatic N) is 2. The number of aromatic hydroxyl groups is 2. The molecule has 0 fully saturated rings. The van der Waals surface area contributed by atoms with Crippen LogP contribution in [0.1, 0.15) is 11.1 Å². The van der Waals surface area contributed by atoms with E-state index in [0.717, 1.165) is 12.1 Å². The quantitative estimate of drug-likeness (QED) is 0.588. The van der Waals surface area contributed by atoms with E-state index in [9.17, 15) is 0 Å². The molecule has 12 heavy (non-hydrogen) atoms. The highest BCUT2D eigenvalue weighted by Crippen LogP contribution is 2.27. The van der Waals surface area contributed by atoms with Gasteiger partial charge in [-0.3, -0.25) is 0 Å². The minimum absolute atomic E-state index is 0.115. The van der Waals surface area contributed by atoms with E-state index in [1.165, 1.54) is 0 Å². The highest BCUT2D eigenvalue weighted by Gasteiger charge is 2.07. The van der Waals surface area contributed by atoms with Crippen molar-refractivity contribution in [1.82, 2.24) is 0 Å². The Hall–Kier alpha value is -2.20. The van der Waals surface area contributed by atoms with Gasteiger partial charge in [0.05, 0.1) is 11.6 Å². The molecule has 1 rings (SSSR count). The van der Waals surface area contributed by atoms with Crippen molar-refractivity contribution in [3.8, 4) is 23.6 Å². The number of phenolic OH excluding ortho intramolecular Hbond substituents is 2. The summed E-state index contributed by atoms with van der Waals surface area (Å²) in [5.74, 6) is -0.761. The zero-order valence-electron chi connectivity index (χ0n) is 5.94. The van der Waals surface area contributed by atoms with Crippen LogP contribution in [0, 0.1) is 22.7 Å². The van der Waals surface area contributed by atoms with Crippen LogP contribution in [0.25, 0.3) is 0 Å². The van der Waals surface area contributed by atoms with Crippen molar-refractivity contribution in [3.05, 3.63) is 23.3 Å². The van der Waals surface area contributed by atoms with E-state index in [1.54, 1.807) is 12.1 Å². The average Bonchev–Trinajstić information content (AvgIpc) is 2.03. The molecule has 0 saturated carbocycles. The van der Waals surface area contributed by atoms with Gasteiger partial charge in [0.15, 0.2) is 0 Å². The van der Waals surface area contributed by atoms with E-state index in [0.29, 0.717) is 0 Å². The van der Waals surface area contributed by atoms with Gasteiger partial charge in [0.1, 0.15) is 23.1 Å². The molecular weight excluding hydrogens is 156 g/mol. The number of nitriles is 2. The van der Waals surface area contributed by atoms with Crippen molar-refractivity contribution in [2.24, 2.45) is 0 Å². The number of phenols is 2. The van der Waals surface area contributed by atoms with Crippen molar-refractivity contribution in [2.75, 3.05) is 0 Å². The Kier molecular flexibility index (Phi) is 1.85. The summed E-state index contributed by atoms with van der Waals surface area (Å²) in [5.41, 5.74) is -0.0991. The smallest absolute Gasteiger partial charge is 0.138 e. The van der Waals surface area contributed by atoms with Crippen molar-refractivity contribution < 1.29 is 10.2 Å². The van der Waals surface area contributed by atoms with Crippen molar-refractivity contribution in [1.29, 1.82) is 10.5 Å². The summed E-state index contributed by atoms with van der Waals surface area (Å²) in [7, 11) is 0. The summed E-state index contributed by atoms with van der Waals surface area (Å²) >= 11 is 0. The molecule has 0 atom stereocenters. The molecule has 4 heteroatoms. The SMILES string of the molecule is N#Cc1cc(O)c(C#N)c(O)c1. The summed E-state index contributed by atoms with van der Waals surface area (Å²) in [6.07, 6.45) is 0. The van der Waals surface area contributed by atoms with E-state index >= 15 is 0 Å². The topological polar surface area (TPSA) is 88.0 Å². The van der Waals surface area contributed by atoms with Crippen LogP contribution >= 0.6 is 0 Å². The van der Waals surface area contributed by atoms with Gasteiger partial charge >= 0.3 is 0 Å². The predicted molar refractivity (Wildman–Crippen MR) is 39.2 cm³/mol. The average molecular weight is 160 g/mol. The molecule has 58 valence electrons. The van der Waals surface area contributed by atoms with Gasteiger partial charge in [0, 0.05) is 0 Å². The molecule has 0 aliphatic carbocycles. The molecule has 0 heterocycles. The summed E-state index contributed by atoms with van der Waals surface area (Å²) in [4.78, 5) is 0. The Morgan fingerprint density at radius 3 is 1.83 bits per heavy atom. The van der Waals surface area contributed by atoms with Crippen LogP contribution in [-0.4, -0.2) is 10.2 Å². The first-order chi connectivity index (χ1) is 5.69. The maximum atomic E-state index is 9.07. The molecule has 2 N–H and O–H groups in total. The number of hydrogen-bond acceptors (Lipinski definition) is 4. The van der Waals surface area contributed by atoms with E-state index in [-0.39, 0.29) is 22.6 Å². The molecule has 0 amide bonds. The molecular formula is C8H4N2O2. The summed E-state index contributed by atoms with van der Waals surface area (Å²) in [5, 5.41) is 34.9. The van der Waals surface area contributed by atoms with Gasteiger partial charge < -0.3 is 10.2 Å². The van der Waals surface area contributed by atoms with Gasteiger partial charge in [0.2, 0.25) is 0 Å². The van der Waals surface area contributed by atoms with Crippen LogP contribution in [0.3, 0.4) is 0 Å². The predicted octanol–water partition coefficient (Wildman–Crippen LogP) is 0.841. The van der Waals surface area contributed by atoms with Gasteiger partial charge in [-0.15, -0.1) is 0 Å². The second-order valence-electron chi connectivity index (χ2n) is 2.11. The van der Waals surface area contributed by atoms with Gasteiger partial charge in [-0.25, -0.2) is 0 Å². The van der Waals surface area contributed by atoms with Gasteiger partial charge in [-0.2, -0.15) is 10.5 Å². The maximum Gasteiger partial charge on any atom is 0.138 e. The Morgan fingerprint density at radius 1 is 1.00 bits per heavy atom. The fraction of sp³-hybridized carbons (Fsp3) is 0. The van der Waals surface area contributed by atoms with E-state index in [1.807, 2.05) is 0 Å². The number of benzene rings is 1. The Labute approximate surface area is 68.5 Å². The van der Waals surface area contributed by atoms with Crippen LogP contribution in [0.2, 0.25) is 0 Å². The molecule has 1 aromatic carbocycles. The lowest BCUT2D eigenvalue weighted by atomic mass is 10.1. The first kappa shape index (κ1) is 7.90. The highest BCUT2D eigenvalue weighted by atomic mass is 16.3. The number of hydrogen-bond donors (Lipinski definition) is 2. The van der Waals surface area contributed by atoms with Crippen molar-refractivity contribution in [2.45, 2.75) is 0 Å². The number of rotatable bonds is 0. The molecule has 0 bridgehead atoms. The Balaban J connectivity index is 3.43. The minimum atomic E-state index is -0.381. The Morgan fingerprint density at radius 2 is 1.50 bits per heavy atom. The third-order valence-electron chi connectivity index (χ3n) is 1.34. The molecule has 1 aromatic rings. The summed E-state index contributed by atoms with van der Waals surface area (Å²) < 4.78 is 0. The van der Waals surface area contributed by atoms with Gasteiger partial charge in [-0.05, 0) is 12.1 Å². The summed E-state index contributed by atoms with van der Waals surface area (Å²) in [6, 6.07) is 5.58. The lowest BCUT2D eigenvalue weighted by Crippen LogP contribution is -1.81. The van der Waals surface area contributed by atoms with Crippen LogP contribution in [0.15, 0.2) is 12.1 Å². The first-order valence-electron chi connectivity index (χ1n) is 3.05. The monoisotopic (exact) mass is 160 g/mol. The third kappa shape index (κ3) is 1.14. The maximum absolute atomic E-state index is 9.07. The largest absolute Gasteiger partial charge is 0.506 e. The van der Waals surface area contributed by atoms with E-state index < -0.39 is 0 Å². The molecule has 4 nitrogen and oxygen atoms in total. The standard InChI is InChI=1S/C8H4N2O2/c9-3-5-1-7(11)6(4-10)8(12)2-5/h1-2,11-12H. The lowest BCUT2D eigenvalue weighted by molar-refractivity contribution is 0.447. The van der Waals surface area contributed by atoms with Crippen LogP contribution < -0.4 is 0 Å². The van der Waals surface area contributed by atoms with Crippen molar-refractivity contribution in [3.63, 3.8) is 0 Å². The normalized spacial score (nSPS) is 8.50. The molecule has 0 radical (unpaired) electrons. The third-order valence-corrected chi connectivity index (χ3v) is 1.34. The van der Waals surface area contributed by atoms with Crippen molar-refractivity contribution >= 4 is 0 Å². The Bertz CT molecular complexity index is 375. The first-order valence-corrected chi connectivity index (χ1v) is 3.05. The molecule has 0 spiro atoms. The fourth-order valence-electron chi connectivity index (χ4n) is 0.791. The summed E-state index contributed by atoms with van der Waals surface area (Å²) in [6.45, 7) is 0. The fourth-order valence-corrected chi connectivity index (χ4v) is 0.791. The zero-order chi connectivity index (χ0) is 9.14. The van der Waals surface area contributed by atoms with Gasteiger partial charge in [-0.1, -0.05) is 0 Å². The molecule has 0 aliphatic heterocycles. The van der Waals surface area contributed by atoms with E-state index in [2.05, 4.69) is 0 Å². The zero-order valence-corrected chi connectivity index (χ0v) is 5.94. The minimum Gasteiger partial charge on any atom is -0.506 e. The van der Waals surface area contributed by atoms with E-state index in [4.69, 9.17) is 20.7 Å². The second kappa shape index (κ2) is 2.81. The van der Waals surface area contributed by atoms with Crippen LogP contribution in [0.4, 0.5) is 0 Å². The van der Waals surface area contributed by atoms with Gasteiger partial charge in [0.25, 0.3) is 0 Å². The molecule has 0 aromatic heterocycles. The molecule has 0 aliphatic rings. The highest BCUT2D eigenvalue weighted by molar-refractivity contribution is 5.55. The second-order valence-corrected chi connectivity index (χ2v) is 2.11. The lowest BCUT2D eigenvalue weighted by Gasteiger charge is -1.98. The van der Waals surface area contributed by atoms with Crippen LogP contribution in [-0.2, 0) is 0 Å². The molecule has 0 saturated heterocycles. The molecule has 0 unspecified atom stereocenters.